The van der Waals surface area contributed by atoms with Crippen molar-refractivity contribution in [3.8, 4) is 17.6 Å². The Labute approximate surface area is 193 Å². The number of nitriles is 1. The number of halogens is 6. The zero-order chi connectivity index (χ0) is 25.6. The van der Waals surface area contributed by atoms with Crippen LogP contribution in [0.4, 0.5) is 26.3 Å². The molecule has 1 fully saturated rings. The molecule has 0 spiro atoms. The minimum atomic E-state index is -5.09. The monoisotopic (exact) mass is 495 g/mol. The maximum Gasteiger partial charge on any atom is 0.416 e. The van der Waals surface area contributed by atoms with Gasteiger partial charge in [0.05, 0.1) is 28.9 Å². The van der Waals surface area contributed by atoms with Crippen molar-refractivity contribution < 1.29 is 31.1 Å². The summed E-state index contributed by atoms with van der Waals surface area (Å²) in [7, 11) is 0. The Morgan fingerprint density at radius 1 is 1.06 bits per heavy atom. The van der Waals surface area contributed by atoms with E-state index in [1.54, 1.807) is 0 Å². The minimum Gasteiger partial charge on any atom is -0.344 e. The molecule has 1 atom stereocenters. The lowest BCUT2D eigenvalue weighted by molar-refractivity contribution is -0.143. The number of rotatable bonds is 5. The van der Waals surface area contributed by atoms with Crippen molar-refractivity contribution >= 4 is 5.91 Å². The molecule has 1 amide bonds. The van der Waals surface area contributed by atoms with Gasteiger partial charge in [-0.05, 0) is 38.0 Å². The Morgan fingerprint density at radius 3 is 2.20 bits per heavy atom. The van der Waals surface area contributed by atoms with Gasteiger partial charge in [0, 0.05) is 18.0 Å². The van der Waals surface area contributed by atoms with E-state index >= 15 is 0 Å². The van der Waals surface area contributed by atoms with E-state index in [4.69, 9.17) is 0 Å². The third kappa shape index (κ3) is 4.79. The van der Waals surface area contributed by atoms with E-state index in [1.807, 2.05) is 0 Å². The van der Waals surface area contributed by atoms with Gasteiger partial charge >= 0.3 is 12.4 Å². The summed E-state index contributed by atoms with van der Waals surface area (Å²) in [5.41, 5.74) is -4.56. The number of hydrogen-bond donors (Lipinski definition) is 1. The first-order valence-electron chi connectivity index (χ1n) is 10.1. The summed E-state index contributed by atoms with van der Waals surface area (Å²) in [4.78, 5) is 25.1. The third-order valence-corrected chi connectivity index (χ3v) is 5.41. The maximum absolute atomic E-state index is 13.1. The van der Waals surface area contributed by atoms with Crippen LogP contribution >= 0.6 is 0 Å². The number of benzene rings is 1. The average molecular weight is 495 g/mol. The lowest BCUT2D eigenvalue weighted by Gasteiger charge is -2.17. The number of nitrogens with one attached hydrogen (secondary N) is 1. The lowest BCUT2D eigenvalue weighted by Crippen LogP contribution is -2.28. The molecule has 0 saturated heterocycles. The first-order valence-corrected chi connectivity index (χ1v) is 10.1. The third-order valence-electron chi connectivity index (χ3n) is 5.41. The Morgan fingerprint density at radius 2 is 1.66 bits per heavy atom. The summed E-state index contributed by atoms with van der Waals surface area (Å²) in [5, 5.41) is 15.9. The molecule has 2 aromatic heterocycles. The van der Waals surface area contributed by atoms with Gasteiger partial charge in [0.15, 0.2) is 5.54 Å². The van der Waals surface area contributed by atoms with Crippen molar-refractivity contribution in [2.75, 3.05) is 0 Å². The fraction of sp³-hybridized carbons (Fsp3) is 0.333. The normalized spacial score (nSPS) is 15.8. The molecule has 1 unspecified atom stereocenters. The average Bonchev–Trinajstić information content (AvgIpc) is 3.45. The van der Waals surface area contributed by atoms with Gasteiger partial charge in [-0.15, -0.1) is 5.10 Å². The Hall–Kier alpha value is -4.02. The standard InChI is InChI=1S/C21H15F6N7O/c1-11(32-18(35)12-6-13(20(22,23)24)8-14(7-12)21(25,26)27)15-16(30-5-4-29-15)17-31-10-34(33-17)19(9-28)2-3-19/h4-8,10-11H,2-3H2,1H3,(H,32,35). The van der Waals surface area contributed by atoms with E-state index in [0.717, 1.165) is 0 Å². The molecule has 3 aromatic rings. The quantitative estimate of drug-likeness (QED) is 0.530. The van der Waals surface area contributed by atoms with Gasteiger partial charge in [-0.25, -0.2) is 14.6 Å². The van der Waals surface area contributed by atoms with Crippen molar-refractivity contribution in [3.05, 3.63) is 59.3 Å². The second-order valence-corrected chi connectivity index (χ2v) is 7.94. The molecule has 2 heterocycles. The molecule has 1 aliphatic carbocycles. The predicted octanol–water partition coefficient (Wildman–Crippen LogP) is 4.28. The summed E-state index contributed by atoms with van der Waals surface area (Å²) in [5.74, 6) is -1.08. The first kappa shape index (κ1) is 24.1. The van der Waals surface area contributed by atoms with Gasteiger partial charge in [0.1, 0.15) is 12.0 Å². The molecular formula is C21H15F6N7O. The van der Waals surface area contributed by atoms with Crippen molar-refractivity contribution in [3.63, 3.8) is 0 Å². The molecule has 182 valence electrons. The van der Waals surface area contributed by atoms with Gasteiger partial charge in [0.2, 0.25) is 5.82 Å². The molecule has 1 aliphatic rings. The van der Waals surface area contributed by atoms with E-state index in [9.17, 15) is 36.4 Å². The van der Waals surface area contributed by atoms with Crippen LogP contribution in [-0.4, -0.2) is 30.6 Å². The number of nitrogens with zero attached hydrogens (tertiary/aromatic N) is 6. The number of amides is 1. The molecule has 8 nitrogen and oxygen atoms in total. The second-order valence-electron chi connectivity index (χ2n) is 7.94. The molecule has 1 N–H and O–H groups in total. The summed E-state index contributed by atoms with van der Waals surface area (Å²) in [6.45, 7) is 1.43. The van der Waals surface area contributed by atoms with Crippen molar-refractivity contribution in [1.82, 2.24) is 30.0 Å². The van der Waals surface area contributed by atoms with Gasteiger partial charge in [-0.1, -0.05) is 0 Å². The van der Waals surface area contributed by atoms with Crippen LogP contribution in [0.1, 0.15) is 53.0 Å². The first-order chi connectivity index (χ1) is 16.3. The summed E-state index contributed by atoms with van der Waals surface area (Å²) < 4.78 is 80.2. The summed E-state index contributed by atoms with van der Waals surface area (Å²) in [6, 6.07) is 1.79. The second kappa shape index (κ2) is 8.33. The van der Waals surface area contributed by atoms with Crippen LogP contribution < -0.4 is 5.32 Å². The molecule has 1 aromatic carbocycles. The summed E-state index contributed by atoms with van der Waals surface area (Å²) in [6.07, 6.45) is -5.00. The lowest BCUT2D eigenvalue weighted by atomic mass is 10.0. The SMILES string of the molecule is CC(NC(=O)c1cc(C(F)(F)F)cc(C(F)(F)F)c1)c1nccnc1-c1ncn(C2(C#N)CC2)n1. The maximum atomic E-state index is 13.1. The van der Waals surface area contributed by atoms with Crippen LogP contribution in [0.5, 0.6) is 0 Å². The van der Waals surface area contributed by atoms with E-state index in [-0.39, 0.29) is 23.3 Å². The van der Waals surface area contributed by atoms with E-state index in [0.29, 0.717) is 25.0 Å². The predicted molar refractivity (Wildman–Crippen MR) is 106 cm³/mol. The Kier molecular flexibility index (Phi) is 5.74. The minimum absolute atomic E-state index is 0.0587. The molecule has 14 heteroatoms. The number of alkyl halides is 6. The zero-order valence-electron chi connectivity index (χ0n) is 17.8. The molecule has 0 radical (unpaired) electrons. The molecule has 0 aliphatic heterocycles. The molecule has 1 saturated carbocycles. The highest BCUT2D eigenvalue weighted by molar-refractivity contribution is 5.95. The van der Waals surface area contributed by atoms with Gasteiger partial charge in [-0.3, -0.25) is 9.78 Å². The Bertz CT molecular complexity index is 1290. The van der Waals surface area contributed by atoms with Crippen LogP contribution in [0.25, 0.3) is 11.5 Å². The van der Waals surface area contributed by atoms with Crippen LogP contribution in [0, 0.1) is 11.3 Å². The van der Waals surface area contributed by atoms with Crippen molar-refractivity contribution in [2.45, 2.75) is 43.7 Å². The highest BCUT2D eigenvalue weighted by Gasteiger charge is 2.46. The zero-order valence-corrected chi connectivity index (χ0v) is 17.8. The van der Waals surface area contributed by atoms with Crippen LogP contribution in [0.2, 0.25) is 0 Å². The van der Waals surface area contributed by atoms with Gasteiger partial charge < -0.3 is 5.32 Å². The number of aromatic nitrogens is 5. The fourth-order valence-electron chi connectivity index (χ4n) is 3.36. The van der Waals surface area contributed by atoms with Gasteiger partial charge in [-0.2, -0.15) is 31.6 Å². The van der Waals surface area contributed by atoms with E-state index < -0.39 is 46.5 Å². The number of carbonyl (C=O) groups excluding carboxylic acids is 1. The largest absolute Gasteiger partial charge is 0.416 e. The van der Waals surface area contributed by atoms with Crippen LogP contribution in [0.3, 0.4) is 0 Å². The van der Waals surface area contributed by atoms with Gasteiger partial charge in [0.25, 0.3) is 5.91 Å². The number of hydrogen-bond acceptors (Lipinski definition) is 6. The molecular weight excluding hydrogens is 480 g/mol. The highest BCUT2D eigenvalue weighted by Crippen LogP contribution is 2.42. The number of carbonyl (C=O) groups is 1. The topological polar surface area (TPSA) is 109 Å². The summed E-state index contributed by atoms with van der Waals surface area (Å²) >= 11 is 0. The van der Waals surface area contributed by atoms with E-state index in [2.05, 4.69) is 31.4 Å². The molecule has 0 bridgehead atoms. The molecule has 35 heavy (non-hydrogen) atoms. The smallest absolute Gasteiger partial charge is 0.344 e. The van der Waals surface area contributed by atoms with Crippen molar-refractivity contribution in [1.29, 1.82) is 5.26 Å². The Balaban J connectivity index is 1.63. The fourth-order valence-corrected chi connectivity index (χ4v) is 3.36. The van der Waals surface area contributed by atoms with Crippen LogP contribution in [0.15, 0.2) is 36.9 Å². The van der Waals surface area contributed by atoms with E-state index in [1.165, 1.54) is 30.3 Å². The molecule has 4 rings (SSSR count). The van der Waals surface area contributed by atoms with Crippen molar-refractivity contribution in [2.24, 2.45) is 0 Å². The van der Waals surface area contributed by atoms with Crippen LogP contribution in [-0.2, 0) is 17.9 Å². The highest BCUT2D eigenvalue weighted by atomic mass is 19.4.